The molecular weight excluding hydrogens is 317 g/mol. The van der Waals surface area contributed by atoms with Gasteiger partial charge in [-0.05, 0) is 36.6 Å². The van der Waals surface area contributed by atoms with Gasteiger partial charge in [0.05, 0.1) is 13.5 Å². The number of rotatable bonds is 4. The first-order valence-electron chi connectivity index (χ1n) is 8.82. The minimum absolute atomic E-state index is 0.124. The van der Waals surface area contributed by atoms with E-state index in [1.165, 1.54) is 12.1 Å². The molecule has 1 fully saturated rings. The predicted octanol–water partition coefficient (Wildman–Crippen LogP) is 4.17. The zero-order chi connectivity index (χ0) is 17.6. The fraction of sp³-hybridized carbons (Fsp3) is 0.381. The number of ether oxygens (including phenoxy) is 1. The summed E-state index contributed by atoms with van der Waals surface area (Å²) >= 11 is 0. The van der Waals surface area contributed by atoms with E-state index in [1.807, 2.05) is 41.3 Å². The molecule has 3 nitrogen and oxygen atoms in total. The quantitative estimate of drug-likeness (QED) is 0.835. The average Bonchev–Trinajstić information content (AvgIpc) is 2.89. The molecule has 2 aromatic carbocycles. The van der Waals surface area contributed by atoms with E-state index in [2.05, 4.69) is 0 Å². The number of para-hydroxylation sites is 1. The molecule has 0 saturated carbocycles. The smallest absolute Gasteiger partial charge is 0.227 e. The lowest BCUT2D eigenvalue weighted by Gasteiger charge is -2.25. The van der Waals surface area contributed by atoms with Crippen molar-refractivity contribution in [1.82, 2.24) is 4.90 Å². The highest BCUT2D eigenvalue weighted by atomic mass is 19.1. The molecule has 1 saturated heterocycles. The maximum Gasteiger partial charge on any atom is 0.227 e. The number of likely N-dealkylation sites (tertiary alicyclic amines) is 1. The molecule has 0 unspecified atom stereocenters. The monoisotopic (exact) mass is 341 g/mol. The van der Waals surface area contributed by atoms with Crippen molar-refractivity contribution in [1.29, 1.82) is 0 Å². The Morgan fingerprint density at radius 2 is 1.92 bits per heavy atom. The van der Waals surface area contributed by atoms with Crippen LogP contribution in [0.4, 0.5) is 4.39 Å². The van der Waals surface area contributed by atoms with E-state index < -0.39 is 0 Å². The van der Waals surface area contributed by atoms with E-state index in [-0.39, 0.29) is 17.6 Å². The van der Waals surface area contributed by atoms with Crippen LogP contribution < -0.4 is 4.74 Å². The topological polar surface area (TPSA) is 29.5 Å². The Balaban J connectivity index is 1.72. The molecule has 1 aliphatic heterocycles. The lowest BCUT2D eigenvalue weighted by Crippen LogP contribution is -2.35. The van der Waals surface area contributed by atoms with Crippen LogP contribution in [0.5, 0.6) is 5.75 Å². The van der Waals surface area contributed by atoms with Crippen molar-refractivity contribution in [3.05, 3.63) is 65.5 Å². The molecule has 3 rings (SSSR count). The summed E-state index contributed by atoms with van der Waals surface area (Å²) in [6.45, 7) is 1.48. The molecular formula is C21H24FNO2. The van der Waals surface area contributed by atoms with Crippen LogP contribution in [0.3, 0.4) is 0 Å². The number of hydrogen-bond donors (Lipinski definition) is 0. The van der Waals surface area contributed by atoms with Gasteiger partial charge >= 0.3 is 0 Å². The summed E-state index contributed by atoms with van der Waals surface area (Å²) in [6.07, 6.45) is 3.47. The third kappa shape index (κ3) is 4.38. The summed E-state index contributed by atoms with van der Waals surface area (Å²) in [5.74, 6) is 0.922. The highest BCUT2D eigenvalue weighted by molar-refractivity contribution is 5.79. The Kier molecular flexibility index (Phi) is 5.69. The van der Waals surface area contributed by atoms with Crippen LogP contribution in [0.2, 0.25) is 0 Å². The SMILES string of the molecule is COc1ccccc1CC(=O)N1CCCC[C@@H](c2ccc(F)cc2)C1. The van der Waals surface area contributed by atoms with Crippen LogP contribution in [0.1, 0.15) is 36.3 Å². The maximum absolute atomic E-state index is 13.2. The van der Waals surface area contributed by atoms with Gasteiger partial charge in [-0.2, -0.15) is 0 Å². The Hall–Kier alpha value is -2.36. The number of hydrogen-bond acceptors (Lipinski definition) is 2. The van der Waals surface area contributed by atoms with E-state index >= 15 is 0 Å². The largest absolute Gasteiger partial charge is 0.496 e. The lowest BCUT2D eigenvalue weighted by molar-refractivity contribution is -0.130. The third-order valence-corrected chi connectivity index (χ3v) is 4.90. The molecule has 1 heterocycles. The van der Waals surface area contributed by atoms with Gasteiger partial charge in [0.2, 0.25) is 5.91 Å². The maximum atomic E-state index is 13.2. The van der Waals surface area contributed by atoms with E-state index in [4.69, 9.17) is 4.74 Å². The predicted molar refractivity (Wildman–Crippen MR) is 96.3 cm³/mol. The van der Waals surface area contributed by atoms with Gasteiger partial charge in [0.15, 0.2) is 0 Å². The molecule has 2 aromatic rings. The first-order valence-corrected chi connectivity index (χ1v) is 8.82. The Morgan fingerprint density at radius 3 is 2.68 bits per heavy atom. The van der Waals surface area contributed by atoms with Crippen LogP contribution in [0, 0.1) is 5.82 Å². The van der Waals surface area contributed by atoms with Crippen LogP contribution in [-0.2, 0) is 11.2 Å². The van der Waals surface area contributed by atoms with Crippen molar-refractivity contribution in [2.75, 3.05) is 20.2 Å². The normalized spacial score (nSPS) is 17.8. The Labute approximate surface area is 148 Å². The van der Waals surface area contributed by atoms with E-state index in [9.17, 15) is 9.18 Å². The van der Waals surface area contributed by atoms with Crippen LogP contribution in [-0.4, -0.2) is 31.0 Å². The molecule has 0 aliphatic carbocycles. The minimum Gasteiger partial charge on any atom is -0.496 e. The standard InChI is InChI=1S/C21H24FNO2/c1-25-20-8-3-2-6-17(20)14-21(24)23-13-5-4-7-18(15-23)16-9-11-19(22)12-10-16/h2-3,6,8-12,18H,4-5,7,13-15H2,1H3/t18-/m1/s1. The van der Waals surface area contributed by atoms with Crippen LogP contribution in [0.15, 0.2) is 48.5 Å². The van der Waals surface area contributed by atoms with E-state index in [1.54, 1.807) is 7.11 Å². The summed E-state index contributed by atoms with van der Waals surface area (Å²) in [6, 6.07) is 14.3. The minimum atomic E-state index is -0.221. The molecule has 0 aromatic heterocycles. The zero-order valence-electron chi connectivity index (χ0n) is 14.6. The summed E-state index contributed by atoms with van der Waals surface area (Å²) in [4.78, 5) is 14.8. The van der Waals surface area contributed by atoms with Crippen molar-refractivity contribution < 1.29 is 13.9 Å². The van der Waals surface area contributed by atoms with Gasteiger partial charge in [-0.15, -0.1) is 0 Å². The summed E-state index contributed by atoms with van der Waals surface area (Å²) < 4.78 is 18.5. The van der Waals surface area contributed by atoms with Crippen LogP contribution in [0.25, 0.3) is 0 Å². The van der Waals surface area contributed by atoms with Crippen molar-refractivity contribution in [3.63, 3.8) is 0 Å². The highest BCUT2D eigenvalue weighted by Crippen LogP contribution is 2.27. The number of methoxy groups -OCH3 is 1. The molecule has 0 radical (unpaired) electrons. The fourth-order valence-electron chi connectivity index (χ4n) is 3.50. The molecule has 132 valence electrons. The van der Waals surface area contributed by atoms with Gasteiger partial charge in [-0.25, -0.2) is 4.39 Å². The van der Waals surface area contributed by atoms with Crippen molar-refractivity contribution in [2.45, 2.75) is 31.6 Å². The first-order chi connectivity index (χ1) is 12.2. The van der Waals surface area contributed by atoms with Crippen molar-refractivity contribution in [2.24, 2.45) is 0 Å². The van der Waals surface area contributed by atoms with Gasteiger partial charge < -0.3 is 9.64 Å². The van der Waals surface area contributed by atoms with E-state index in [0.29, 0.717) is 13.0 Å². The number of carbonyl (C=O) groups is 1. The number of carbonyl (C=O) groups excluding carboxylic acids is 1. The average molecular weight is 341 g/mol. The molecule has 1 amide bonds. The lowest BCUT2D eigenvalue weighted by atomic mass is 9.94. The molecule has 1 atom stereocenters. The van der Waals surface area contributed by atoms with Gasteiger partial charge in [0, 0.05) is 24.6 Å². The van der Waals surface area contributed by atoms with Gasteiger partial charge in [-0.1, -0.05) is 36.8 Å². The number of nitrogens with zero attached hydrogens (tertiary/aromatic N) is 1. The number of benzene rings is 2. The fourth-order valence-corrected chi connectivity index (χ4v) is 3.50. The molecule has 4 heteroatoms. The second kappa shape index (κ2) is 8.15. The summed E-state index contributed by atoms with van der Waals surface area (Å²) in [5, 5.41) is 0. The molecule has 1 aliphatic rings. The first kappa shape index (κ1) is 17.5. The van der Waals surface area contributed by atoms with Crippen molar-refractivity contribution in [3.8, 4) is 5.75 Å². The Bertz CT molecular complexity index is 714. The van der Waals surface area contributed by atoms with Gasteiger partial charge in [0.1, 0.15) is 11.6 Å². The highest BCUT2D eigenvalue weighted by Gasteiger charge is 2.23. The molecule has 0 bridgehead atoms. The summed E-state index contributed by atoms with van der Waals surface area (Å²) in [7, 11) is 1.62. The second-order valence-corrected chi connectivity index (χ2v) is 6.57. The molecule has 25 heavy (non-hydrogen) atoms. The molecule has 0 spiro atoms. The van der Waals surface area contributed by atoms with Crippen molar-refractivity contribution >= 4 is 5.91 Å². The number of amides is 1. The summed E-state index contributed by atoms with van der Waals surface area (Å²) in [5.41, 5.74) is 2.02. The van der Waals surface area contributed by atoms with Gasteiger partial charge in [-0.3, -0.25) is 4.79 Å². The number of halogens is 1. The molecule has 0 N–H and O–H groups in total. The second-order valence-electron chi connectivity index (χ2n) is 6.57. The van der Waals surface area contributed by atoms with Crippen LogP contribution >= 0.6 is 0 Å². The van der Waals surface area contributed by atoms with Gasteiger partial charge in [0.25, 0.3) is 0 Å². The van der Waals surface area contributed by atoms with E-state index in [0.717, 1.165) is 42.7 Å². The third-order valence-electron chi connectivity index (χ3n) is 4.90. The zero-order valence-corrected chi connectivity index (χ0v) is 14.6. The Morgan fingerprint density at radius 1 is 1.16 bits per heavy atom.